The maximum absolute atomic E-state index is 12.6. The normalized spacial score (nSPS) is 17.3. The van der Waals surface area contributed by atoms with Gasteiger partial charge in [0, 0.05) is 32.9 Å². The molecule has 0 saturated carbocycles. The Balaban J connectivity index is 1.54. The van der Waals surface area contributed by atoms with Gasteiger partial charge in [-0.1, -0.05) is 12.1 Å². The van der Waals surface area contributed by atoms with E-state index in [1.807, 2.05) is 12.1 Å². The summed E-state index contributed by atoms with van der Waals surface area (Å²) in [7, 11) is 1.73. The average molecular weight is 393 g/mol. The first-order valence-corrected chi connectivity index (χ1v) is 9.04. The maximum atomic E-state index is 12.6. The zero-order chi connectivity index (χ0) is 20.1. The second-order valence-electron chi connectivity index (χ2n) is 6.79. The van der Waals surface area contributed by atoms with Crippen LogP contribution in [0, 0.1) is 0 Å². The fraction of sp³-hybridized carbons (Fsp3) is 0.421. The number of amides is 2. The number of hydrogen-bond acceptors (Lipinski definition) is 4. The number of aromatic nitrogens is 2. The van der Waals surface area contributed by atoms with E-state index in [0.717, 1.165) is 37.3 Å². The highest BCUT2D eigenvalue weighted by atomic mass is 19.4. The second kappa shape index (κ2) is 8.45. The van der Waals surface area contributed by atoms with Gasteiger partial charge in [0.2, 0.25) is 0 Å². The highest BCUT2D eigenvalue weighted by Crippen LogP contribution is 2.29. The topological polar surface area (TPSA) is 61.4 Å². The van der Waals surface area contributed by atoms with Crippen LogP contribution in [0.3, 0.4) is 0 Å². The molecule has 0 aliphatic carbocycles. The maximum Gasteiger partial charge on any atom is 0.416 e. The van der Waals surface area contributed by atoms with Gasteiger partial charge in [0.25, 0.3) is 0 Å². The summed E-state index contributed by atoms with van der Waals surface area (Å²) in [4.78, 5) is 16.2. The van der Waals surface area contributed by atoms with Crippen LogP contribution in [-0.4, -0.2) is 47.3 Å². The van der Waals surface area contributed by atoms with Gasteiger partial charge in [0.15, 0.2) is 5.82 Å². The number of likely N-dealkylation sites (N-methyl/N-ethyl adjacent to an activating group) is 1. The Bertz CT molecular complexity index is 782. The lowest BCUT2D eigenvalue weighted by atomic mass is 10.0. The summed E-state index contributed by atoms with van der Waals surface area (Å²) in [6, 6.07) is 8.26. The van der Waals surface area contributed by atoms with E-state index in [-0.39, 0.29) is 18.6 Å². The van der Waals surface area contributed by atoms with Crippen LogP contribution in [-0.2, 0) is 12.7 Å². The summed E-state index contributed by atoms with van der Waals surface area (Å²) in [5.74, 6) is 0.783. The summed E-state index contributed by atoms with van der Waals surface area (Å²) < 4.78 is 37.8. The Labute approximate surface area is 161 Å². The van der Waals surface area contributed by atoms with Gasteiger partial charge in [0.05, 0.1) is 11.6 Å². The molecule has 1 aromatic heterocycles. The molecule has 6 nitrogen and oxygen atoms in total. The fourth-order valence-corrected chi connectivity index (χ4v) is 3.22. The lowest BCUT2D eigenvalue weighted by molar-refractivity contribution is -0.137. The third kappa shape index (κ3) is 4.90. The largest absolute Gasteiger partial charge is 0.416 e. The van der Waals surface area contributed by atoms with E-state index in [2.05, 4.69) is 20.4 Å². The molecule has 0 spiro atoms. The fourth-order valence-electron chi connectivity index (χ4n) is 3.22. The molecule has 2 heterocycles. The van der Waals surface area contributed by atoms with Gasteiger partial charge >= 0.3 is 12.2 Å². The van der Waals surface area contributed by atoms with Gasteiger partial charge in [-0.15, -0.1) is 5.10 Å². The molecule has 0 unspecified atom stereocenters. The lowest BCUT2D eigenvalue weighted by Gasteiger charge is -2.37. The van der Waals surface area contributed by atoms with Gasteiger partial charge < -0.3 is 15.1 Å². The molecule has 1 atom stereocenters. The lowest BCUT2D eigenvalue weighted by Crippen LogP contribution is -2.51. The van der Waals surface area contributed by atoms with Crippen LogP contribution in [0.5, 0.6) is 0 Å². The predicted octanol–water partition coefficient (Wildman–Crippen LogP) is 3.31. The molecular formula is C19H22F3N5O. The van der Waals surface area contributed by atoms with Gasteiger partial charge in [-0.25, -0.2) is 4.79 Å². The predicted molar refractivity (Wildman–Crippen MR) is 98.7 cm³/mol. The van der Waals surface area contributed by atoms with Crippen molar-refractivity contribution < 1.29 is 18.0 Å². The van der Waals surface area contributed by atoms with E-state index in [9.17, 15) is 18.0 Å². The van der Waals surface area contributed by atoms with Crippen molar-refractivity contribution in [2.45, 2.75) is 31.6 Å². The first-order valence-electron chi connectivity index (χ1n) is 9.04. The summed E-state index contributed by atoms with van der Waals surface area (Å²) >= 11 is 0. The molecule has 150 valence electrons. The number of carbonyl (C=O) groups excluding carboxylic acids is 1. The number of rotatable bonds is 4. The quantitative estimate of drug-likeness (QED) is 0.866. The van der Waals surface area contributed by atoms with Crippen LogP contribution in [0.1, 0.15) is 24.0 Å². The smallest absolute Gasteiger partial charge is 0.353 e. The van der Waals surface area contributed by atoms with E-state index in [4.69, 9.17) is 0 Å². The van der Waals surface area contributed by atoms with E-state index in [0.29, 0.717) is 12.1 Å². The number of urea groups is 1. The van der Waals surface area contributed by atoms with Gasteiger partial charge in [-0.2, -0.15) is 18.3 Å². The van der Waals surface area contributed by atoms with Crippen molar-refractivity contribution in [2.75, 3.05) is 25.0 Å². The summed E-state index contributed by atoms with van der Waals surface area (Å²) in [5, 5.41) is 10.8. The number of carbonyl (C=O) groups is 1. The molecule has 28 heavy (non-hydrogen) atoms. The first kappa shape index (κ1) is 19.9. The van der Waals surface area contributed by atoms with Crippen LogP contribution in [0.4, 0.5) is 23.8 Å². The SMILES string of the molecule is CN(C(=O)NCc1ccc(C(F)(F)F)cc1)[C@@H]1CCCN(c2cccnn2)C1. The molecule has 1 fully saturated rings. The number of halogens is 3. The Hall–Kier alpha value is -2.84. The number of piperidine rings is 1. The number of benzene rings is 1. The van der Waals surface area contributed by atoms with Crippen LogP contribution in [0.15, 0.2) is 42.6 Å². The standard InChI is InChI=1S/C19H22F3N5O/c1-26(16-4-3-11-27(13-16)17-5-2-10-24-25-17)18(28)23-12-14-6-8-15(9-7-14)19(20,21)22/h2,5-10,16H,3-4,11-13H2,1H3,(H,23,28)/t16-/m1/s1. The van der Waals surface area contributed by atoms with Crippen molar-refractivity contribution in [3.63, 3.8) is 0 Å². The molecule has 0 radical (unpaired) electrons. The van der Waals surface area contributed by atoms with Gasteiger partial charge in [-0.3, -0.25) is 0 Å². The number of hydrogen-bond donors (Lipinski definition) is 1. The minimum absolute atomic E-state index is 0.0170. The van der Waals surface area contributed by atoms with Crippen molar-refractivity contribution in [2.24, 2.45) is 0 Å². The molecule has 1 N–H and O–H groups in total. The molecule has 1 aromatic carbocycles. The average Bonchev–Trinajstić information content (AvgIpc) is 2.72. The van der Waals surface area contributed by atoms with Gasteiger partial charge in [-0.05, 0) is 42.7 Å². The van der Waals surface area contributed by atoms with E-state index in [1.54, 1.807) is 18.1 Å². The summed E-state index contributed by atoms with van der Waals surface area (Å²) in [6.07, 6.45) is -0.942. The van der Waals surface area contributed by atoms with Crippen LogP contribution in [0.2, 0.25) is 0 Å². The third-order valence-electron chi connectivity index (χ3n) is 4.87. The number of anilines is 1. The number of nitrogens with zero attached hydrogens (tertiary/aromatic N) is 4. The van der Waals surface area contributed by atoms with Crippen LogP contribution >= 0.6 is 0 Å². The summed E-state index contributed by atoms with van der Waals surface area (Å²) in [6.45, 7) is 1.68. The van der Waals surface area contributed by atoms with Crippen molar-refractivity contribution in [1.82, 2.24) is 20.4 Å². The molecule has 1 aliphatic rings. The highest BCUT2D eigenvalue weighted by Gasteiger charge is 2.30. The monoisotopic (exact) mass is 393 g/mol. The minimum atomic E-state index is -4.36. The Morgan fingerprint density at radius 1 is 1.29 bits per heavy atom. The minimum Gasteiger partial charge on any atom is -0.353 e. The van der Waals surface area contributed by atoms with Gasteiger partial charge in [0.1, 0.15) is 0 Å². The van der Waals surface area contributed by atoms with Crippen molar-refractivity contribution in [1.29, 1.82) is 0 Å². The zero-order valence-corrected chi connectivity index (χ0v) is 15.5. The summed E-state index contributed by atoms with van der Waals surface area (Å²) in [5.41, 5.74) is -0.0921. The molecule has 1 saturated heterocycles. The van der Waals surface area contributed by atoms with E-state index < -0.39 is 11.7 Å². The second-order valence-corrected chi connectivity index (χ2v) is 6.79. The van der Waals surface area contributed by atoms with Crippen molar-refractivity contribution >= 4 is 11.8 Å². The molecule has 3 rings (SSSR count). The first-order chi connectivity index (χ1) is 13.3. The molecule has 2 amide bonds. The molecule has 2 aromatic rings. The Kier molecular flexibility index (Phi) is 6.01. The molecule has 9 heteroatoms. The van der Waals surface area contributed by atoms with Crippen molar-refractivity contribution in [3.05, 3.63) is 53.7 Å². The van der Waals surface area contributed by atoms with E-state index in [1.165, 1.54) is 12.1 Å². The molecular weight excluding hydrogens is 371 g/mol. The zero-order valence-electron chi connectivity index (χ0n) is 15.5. The Morgan fingerprint density at radius 3 is 2.68 bits per heavy atom. The molecule has 1 aliphatic heterocycles. The Morgan fingerprint density at radius 2 is 2.04 bits per heavy atom. The van der Waals surface area contributed by atoms with Crippen LogP contribution < -0.4 is 10.2 Å². The number of alkyl halides is 3. The molecule has 0 bridgehead atoms. The van der Waals surface area contributed by atoms with Crippen molar-refractivity contribution in [3.8, 4) is 0 Å². The number of nitrogens with one attached hydrogen (secondary N) is 1. The van der Waals surface area contributed by atoms with E-state index >= 15 is 0 Å². The third-order valence-corrected chi connectivity index (χ3v) is 4.87. The highest BCUT2D eigenvalue weighted by molar-refractivity contribution is 5.74. The van der Waals surface area contributed by atoms with Crippen LogP contribution in [0.25, 0.3) is 0 Å².